The van der Waals surface area contributed by atoms with Crippen LogP contribution in [0.5, 0.6) is 0 Å². The molecule has 4 rings (SSSR count). The summed E-state index contributed by atoms with van der Waals surface area (Å²) in [5, 5.41) is 3.90. The lowest BCUT2D eigenvalue weighted by atomic mass is 10.0. The number of carbonyl (C=O) groups excluding carboxylic acids is 1. The Bertz CT molecular complexity index is 1170. The third kappa shape index (κ3) is 4.24. The molecular weight excluding hydrogens is 394 g/mol. The molecule has 0 bridgehead atoms. The normalized spacial score (nSPS) is 12.3. The van der Waals surface area contributed by atoms with Gasteiger partial charge in [0.1, 0.15) is 5.82 Å². The van der Waals surface area contributed by atoms with Crippen LogP contribution in [0.3, 0.4) is 0 Å². The van der Waals surface area contributed by atoms with E-state index in [1.807, 2.05) is 66.7 Å². The molecule has 1 N–H and O–H groups in total. The van der Waals surface area contributed by atoms with Gasteiger partial charge in [0.25, 0.3) is 5.91 Å². The first-order chi connectivity index (χ1) is 14.5. The van der Waals surface area contributed by atoms with E-state index in [9.17, 15) is 4.79 Å². The molecule has 0 spiro atoms. The number of hydrogen-bond donors (Lipinski definition) is 1. The Balaban J connectivity index is 1.76. The van der Waals surface area contributed by atoms with Crippen LogP contribution in [0.4, 0.5) is 0 Å². The fourth-order valence-electron chi connectivity index (χ4n) is 3.66. The van der Waals surface area contributed by atoms with E-state index in [-0.39, 0.29) is 17.9 Å². The molecule has 0 aliphatic carbocycles. The molecule has 0 radical (unpaired) electrons. The van der Waals surface area contributed by atoms with Crippen molar-refractivity contribution in [2.75, 3.05) is 0 Å². The number of nitrogens with one attached hydrogen (secondary N) is 1. The summed E-state index contributed by atoms with van der Waals surface area (Å²) in [6, 6.07) is 24.9. The summed E-state index contributed by atoms with van der Waals surface area (Å²) in [4.78, 5) is 17.8. The first-order valence-corrected chi connectivity index (χ1v) is 10.5. The Hall–Kier alpha value is -3.11. The van der Waals surface area contributed by atoms with Crippen molar-refractivity contribution in [2.45, 2.75) is 26.4 Å². The second-order valence-electron chi connectivity index (χ2n) is 7.74. The van der Waals surface area contributed by atoms with Crippen molar-refractivity contribution in [1.82, 2.24) is 14.9 Å². The molecule has 5 heteroatoms. The Labute approximate surface area is 181 Å². The lowest BCUT2D eigenvalue weighted by Crippen LogP contribution is -2.33. The first-order valence-electron chi connectivity index (χ1n) is 10.1. The smallest absolute Gasteiger partial charge is 0.251 e. The summed E-state index contributed by atoms with van der Waals surface area (Å²) < 4.78 is 2.18. The van der Waals surface area contributed by atoms with Gasteiger partial charge in [-0.25, -0.2) is 4.98 Å². The largest absolute Gasteiger partial charge is 0.342 e. The van der Waals surface area contributed by atoms with Gasteiger partial charge in [0.2, 0.25) is 0 Å². The molecule has 0 saturated carbocycles. The SMILES string of the molecule is CC(C)[C@@H](NC(=O)c1ccccc1)c1nc2ccccc2n1Cc1cccc(Cl)c1. The van der Waals surface area contributed by atoms with Gasteiger partial charge in [-0.15, -0.1) is 0 Å². The lowest BCUT2D eigenvalue weighted by Gasteiger charge is -2.23. The molecule has 1 amide bonds. The second-order valence-corrected chi connectivity index (χ2v) is 8.17. The highest BCUT2D eigenvalue weighted by Crippen LogP contribution is 2.27. The molecule has 1 atom stereocenters. The Morgan fingerprint density at radius 2 is 1.73 bits per heavy atom. The molecule has 1 aromatic heterocycles. The standard InChI is InChI=1S/C25H24ClN3O/c1-17(2)23(28-25(30)19-10-4-3-5-11-19)24-27-21-13-6-7-14-22(21)29(24)16-18-9-8-12-20(26)15-18/h3-15,17,23H,16H2,1-2H3,(H,28,30)/t23-/m1/s1. The van der Waals surface area contributed by atoms with E-state index in [1.54, 1.807) is 0 Å². The highest BCUT2D eigenvalue weighted by atomic mass is 35.5. The van der Waals surface area contributed by atoms with Crippen LogP contribution in [0.1, 0.15) is 41.6 Å². The molecule has 0 aliphatic rings. The summed E-state index contributed by atoms with van der Waals surface area (Å²) in [7, 11) is 0. The van der Waals surface area contributed by atoms with Gasteiger partial charge in [-0.05, 0) is 47.9 Å². The third-order valence-electron chi connectivity index (χ3n) is 5.18. The minimum Gasteiger partial charge on any atom is -0.342 e. The number of fused-ring (bicyclic) bond motifs is 1. The van der Waals surface area contributed by atoms with Crippen molar-refractivity contribution in [3.63, 3.8) is 0 Å². The van der Waals surface area contributed by atoms with Crippen molar-refractivity contribution in [2.24, 2.45) is 5.92 Å². The van der Waals surface area contributed by atoms with E-state index >= 15 is 0 Å². The molecule has 1 heterocycles. The van der Waals surface area contributed by atoms with E-state index in [1.165, 1.54) is 0 Å². The fraction of sp³-hybridized carbons (Fsp3) is 0.200. The molecule has 3 aromatic carbocycles. The summed E-state index contributed by atoms with van der Waals surface area (Å²) >= 11 is 6.21. The number of aromatic nitrogens is 2. The van der Waals surface area contributed by atoms with Gasteiger partial charge in [-0.2, -0.15) is 0 Å². The maximum atomic E-state index is 12.9. The number of rotatable bonds is 6. The molecule has 0 fully saturated rings. The molecule has 0 unspecified atom stereocenters. The number of halogens is 1. The van der Waals surface area contributed by atoms with Gasteiger partial charge in [-0.3, -0.25) is 4.79 Å². The van der Waals surface area contributed by atoms with Gasteiger partial charge in [0.15, 0.2) is 0 Å². The van der Waals surface area contributed by atoms with Crippen LogP contribution in [0.25, 0.3) is 11.0 Å². The lowest BCUT2D eigenvalue weighted by molar-refractivity contribution is 0.0922. The molecule has 0 aliphatic heterocycles. The predicted molar refractivity (Wildman–Crippen MR) is 122 cm³/mol. The number of amides is 1. The van der Waals surface area contributed by atoms with Crippen molar-refractivity contribution in [3.05, 3.63) is 101 Å². The van der Waals surface area contributed by atoms with Gasteiger partial charge < -0.3 is 9.88 Å². The third-order valence-corrected chi connectivity index (χ3v) is 5.42. The van der Waals surface area contributed by atoms with E-state index < -0.39 is 0 Å². The highest BCUT2D eigenvalue weighted by molar-refractivity contribution is 6.30. The van der Waals surface area contributed by atoms with Crippen LogP contribution in [0.2, 0.25) is 5.02 Å². The Morgan fingerprint density at radius 1 is 1.00 bits per heavy atom. The molecule has 152 valence electrons. The maximum absolute atomic E-state index is 12.9. The van der Waals surface area contributed by atoms with Gasteiger partial charge in [-0.1, -0.05) is 67.9 Å². The highest BCUT2D eigenvalue weighted by Gasteiger charge is 2.25. The minimum absolute atomic E-state index is 0.101. The number of carbonyl (C=O) groups is 1. The number of imidazole rings is 1. The van der Waals surface area contributed by atoms with Crippen LogP contribution in [0.15, 0.2) is 78.9 Å². The van der Waals surface area contributed by atoms with E-state index in [2.05, 4.69) is 35.9 Å². The van der Waals surface area contributed by atoms with Gasteiger partial charge in [0.05, 0.1) is 17.1 Å². The fourth-order valence-corrected chi connectivity index (χ4v) is 3.87. The summed E-state index contributed by atoms with van der Waals surface area (Å²) in [6.07, 6.45) is 0. The number of nitrogens with zero attached hydrogens (tertiary/aromatic N) is 2. The number of para-hydroxylation sites is 2. The van der Waals surface area contributed by atoms with Crippen LogP contribution >= 0.6 is 11.6 Å². The van der Waals surface area contributed by atoms with Crippen LogP contribution in [-0.2, 0) is 6.54 Å². The van der Waals surface area contributed by atoms with E-state index in [4.69, 9.17) is 16.6 Å². The topological polar surface area (TPSA) is 46.9 Å². The average molecular weight is 418 g/mol. The van der Waals surface area contributed by atoms with Crippen LogP contribution < -0.4 is 5.32 Å². The molecule has 4 aromatic rings. The van der Waals surface area contributed by atoms with E-state index in [0.717, 1.165) is 22.4 Å². The maximum Gasteiger partial charge on any atom is 0.251 e. The molecule has 30 heavy (non-hydrogen) atoms. The first kappa shape index (κ1) is 20.2. The van der Waals surface area contributed by atoms with Crippen molar-refractivity contribution < 1.29 is 4.79 Å². The van der Waals surface area contributed by atoms with Crippen molar-refractivity contribution in [1.29, 1.82) is 0 Å². The minimum atomic E-state index is -0.232. The summed E-state index contributed by atoms with van der Waals surface area (Å²) in [5.41, 5.74) is 3.67. The quantitative estimate of drug-likeness (QED) is 0.426. The van der Waals surface area contributed by atoms with Gasteiger partial charge >= 0.3 is 0 Å². The van der Waals surface area contributed by atoms with Crippen molar-refractivity contribution >= 4 is 28.5 Å². The molecular formula is C25H24ClN3O. The summed E-state index contributed by atoms with van der Waals surface area (Å²) in [6.45, 7) is 4.82. The Morgan fingerprint density at radius 3 is 2.47 bits per heavy atom. The van der Waals surface area contributed by atoms with Gasteiger partial charge in [0, 0.05) is 17.1 Å². The number of hydrogen-bond acceptors (Lipinski definition) is 2. The zero-order chi connectivity index (χ0) is 21.1. The average Bonchev–Trinajstić information content (AvgIpc) is 3.10. The predicted octanol–water partition coefficient (Wildman–Crippen LogP) is 5.87. The number of benzene rings is 3. The monoisotopic (exact) mass is 417 g/mol. The van der Waals surface area contributed by atoms with E-state index in [0.29, 0.717) is 17.1 Å². The summed E-state index contributed by atoms with van der Waals surface area (Å²) in [5.74, 6) is 0.902. The van der Waals surface area contributed by atoms with Crippen LogP contribution in [0, 0.1) is 5.92 Å². The molecule has 4 nitrogen and oxygen atoms in total. The van der Waals surface area contributed by atoms with Crippen molar-refractivity contribution in [3.8, 4) is 0 Å². The second kappa shape index (κ2) is 8.72. The zero-order valence-corrected chi connectivity index (χ0v) is 17.8. The Kier molecular flexibility index (Phi) is 5.86. The molecule has 0 saturated heterocycles. The zero-order valence-electron chi connectivity index (χ0n) is 17.0. The van der Waals surface area contributed by atoms with Crippen LogP contribution in [-0.4, -0.2) is 15.5 Å².